The van der Waals surface area contributed by atoms with E-state index in [9.17, 15) is 9.59 Å². The summed E-state index contributed by atoms with van der Waals surface area (Å²) in [5.74, 6) is 1.39. The number of hydrogen-bond donors (Lipinski definition) is 3. The largest absolute Gasteiger partial charge is 0.481 e. The van der Waals surface area contributed by atoms with Crippen LogP contribution in [0.1, 0.15) is 52.9 Å². The monoisotopic (exact) mass is 298 g/mol. The van der Waals surface area contributed by atoms with Crippen molar-refractivity contribution in [1.82, 2.24) is 10.6 Å². The van der Waals surface area contributed by atoms with Crippen molar-refractivity contribution in [3.8, 4) is 0 Å². The van der Waals surface area contributed by atoms with Crippen molar-refractivity contribution < 1.29 is 14.7 Å². The molecule has 21 heavy (non-hydrogen) atoms. The average molecular weight is 298 g/mol. The minimum absolute atomic E-state index is 0.108. The van der Waals surface area contributed by atoms with Gasteiger partial charge in [0, 0.05) is 19.5 Å². The van der Waals surface area contributed by atoms with Gasteiger partial charge in [0.25, 0.3) is 0 Å². The molecule has 122 valence electrons. The van der Waals surface area contributed by atoms with Crippen molar-refractivity contribution in [3.63, 3.8) is 0 Å². The molecule has 5 heteroatoms. The Kier molecular flexibility index (Phi) is 7.54. The first kappa shape index (κ1) is 17.8. The number of carbonyl (C=O) groups excluding carboxylic acids is 1. The molecule has 0 aromatic heterocycles. The van der Waals surface area contributed by atoms with Gasteiger partial charge in [-0.25, -0.2) is 4.79 Å². The van der Waals surface area contributed by atoms with Crippen LogP contribution in [0.5, 0.6) is 0 Å². The van der Waals surface area contributed by atoms with E-state index in [0.29, 0.717) is 30.7 Å². The molecule has 0 radical (unpaired) electrons. The summed E-state index contributed by atoms with van der Waals surface area (Å²) in [6, 6.07) is -0.108. The van der Waals surface area contributed by atoms with Gasteiger partial charge in [-0.15, -0.1) is 0 Å². The van der Waals surface area contributed by atoms with Gasteiger partial charge in [0.1, 0.15) is 0 Å². The first-order chi connectivity index (χ1) is 9.90. The van der Waals surface area contributed by atoms with Crippen LogP contribution in [-0.4, -0.2) is 30.2 Å². The SMILES string of the molecule is CC(C)C(CCNC(=O)NCC(C)C1CC1)CCC(=O)O. The third-order valence-electron chi connectivity index (χ3n) is 4.48. The average Bonchev–Trinajstić information content (AvgIpc) is 3.23. The maximum atomic E-state index is 11.7. The first-order valence-corrected chi connectivity index (χ1v) is 8.13. The highest BCUT2D eigenvalue weighted by Crippen LogP contribution is 2.35. The van der Waals surface area contributed by atoms with E-state index in [1.165, 1.54) is 12.8 Å². The Bertz CT molecular complexity index is 340. The quantitative estimate of drug-likeness (QED) is 0.580. The highest BCUT2D eigenvalue weighted by atomic mass is 16.4. The fourth-order valence-electron chi connectivity index (χ4n) is 2.64. The third kappa shape index (κ3) is 7.93. The van der Waals surface area contributed by atoms with Crippen LogP contribution in [0.15, 0.2) is 0 Å². The number of urea groups is 1. The van der Waals surface area contributed by atoms with Gasteiger partial charge >= 0.3 is 12.0 Å². The molecule has 5 nitrogen and oxygen atoms in total. The van der Waals surface area contributed by atoms with E-state index >= 15 is 0 Å². The topological polar surface area (TPSA) is 78.4 Å². The van der Waals surface area contributed by atoms with E-state index in [1.807, 2.05) is 0 Å². The Morgan fingerprint density at radius 2 is 1.81 bits per heavy atom. The van der Waals surface area contributed by atoms with Crippen LogP contribution in [0.2, 0.25) is 0 Å². The second-order valence-corrected chi connectivity index (χ2v) is 6.68. The van der Waals surface area contributed by atoms with Crippen LogP contribution in [0.3, 0.4) is 0 Å². The number of amides is 2. The van der Waals surface area contributed by atoms with E-state index in [4.69, 9.17) is 5.11 Å². The second-order valence-electron chi connectivity index (χ2n) is 6.68. The van der Waals surface area contributed by atoms with Crippen LogP contribution in [0, 0.1) is 23.7 Å². The molecule has 0 aliphatic heterocycles. The molecule has 2 amide bonds. The van der Waals surface area contributed by atoms with E-state index in [1.54, 1.807) is 0 Å². The lowest BCUT2D eigenvalue weighted by molar-refractivity contribution is -0.137. The molecule has 1 rings (SSSR count). The maximum Gasteiger partial charge on any atom is 0.314 e. The Morgan fingerprint density at radius 1 is 1.14 bits per heavy atom. The highest BCUT2D eigenvalue weighted by Gasteiger charge is 2.27. The van der Waals surface area contributed by atoms with Gasteiger partial charge in [-0.1, -0.05) is 20.8 Å². The van der Waals surface area contributed by atoms with Gasteiger partial charge in [-0.3, -0.25) is 4.79 Å². The number of carboxylic acid groups (broad SMARTS) is 1. The number of hydrogen-bond acceptors (Lipinski definition) is 2. The summed E-state index contributed by atoms with van der Waals surface area (Å²) in [6.45, 7) is 7.72. The van der Waals surface area contributed by atoms with Crippen LogP contribution in [0.4, 0.5) is 4.79 Å². The minimum atomic E-state index is -0.750. The lowest BCUT2D eigenvalue weighted by Crippen LogP contribution is -2.39. The summed E-state index contributed by atoms with van der Waals surface area (Å²) < 4.78 is 0. The standard InChI is InChI=1S/C16H30N2O3/c1-11(2)13(6-7-15(19)20)8-9-17-16(21)18-10-12(3)14-4-5-14/h11-14H,4-10H2,1-3H3,(H,19,20)(H2,17,18,21). The first-order valence-electron chi connectivity index (χ1n) is 8.13. The van der Waals surface area contributed by atoms with Crippen LogP contribution in [-0.2, 0) is 4.79 Å². The number of carbonyl (C=O) groups is 2. The van der Waals surface area contributed by atoms with Gasteiger partial charge in [0.05, 0.1) is 0 Å². The van der Waals surface area contributed by atoms with Crippen LogP contribution < -0.4 is 10.6 Å². The Hall–Kier alpha value is -1.26. The smallest absolute Gasteiger partial charge is 0.314 e. The summed E-state index contributed by atoms with van der Waals surface area (Å²) >= 11 is 0. The fourth-order valence-corrected chi connectivity index (χ4v) is 2.64. The van der Waals surface area contributed by atoms with Crippen LogP contribution in [0.25, 0.3) is 0 Å². The van der Waals surface area contributed by atoms with Crippen molar-refractivity contribution in [3.05, 3.63) is 0 Å². The molecular formula is C16H30N2O3. The van der Waals surface area contributed by atoms with Crippen LogP contribution >= 0.6 is 0 Å². The van der Waals surface area contributed by atoms with Crippen molar-refractivity contribution in [2.45, 2.75) is 52.9 Å². The molecule has 0 spiro atoms. The second kappa shape index (κ2) is 8.90. The van der Waals surface area contributed by atoms with E-state index in [2.05, 4.69) is 31.4 Å². The van der Waals surface area contributed by atoms with Crippen molar-refractivity contribution >= 4 is 12.0 Å². The zero-order valence-corrected chi connectivity index (χ0v) is 13.5. The van der Waals surface area contributed by atoms with E-state index in [0.717, 1.165) is 18.9 Å². The van der Waals surface area contributed by atoms with Gasteiger partial charge < -0.3 is 15.7 Å². The Balaban J connectivity index is 2.13. The normalized spacial score (nSPS) is 17.3. The molecule has 1 fully saturated rings. The molecule has 0 aromatic rings. The third-order valence-corrected chi connectivity index (χ3v) is 4.48. The van der Waals surface area contributed by atoms with Gasteiger partial charge in [0.2, 0.25) is 0 Å². The molecule has 0 heterocycles. The lowest BCUT2D eigenvalue weighted by Gasteiger charge is -2.20. The van der Waals surface area contributed by atoms with E-state index < -0.39 is 5.97 Å². The summed E-state index contributed by atoms with van der Waals surface area (Å²) in [6.07, 6.45) is 4.30. The molecule has 0 aromatic carbocycles. The van der Waals surface area contributed by atoms with Gasteiger partial charge in [-0.2, -0.15) is 0 Å². The zero-order valence-electron chi connectivity index (χ0n) is 13.5. The number of carboxylic acids is 1. The predicted molar refractivity (Wildman–Crippen MR) is 83.1 cm³/mol. The van der Waals surface area contributed by atoms with Gasteiger partial charge in [-0.05, 0) is 49.4 Å². The molecule has 0 bridgehead atoms. The molecular weight excluding hydrogens is 268 g/mol. The number of aliphatic carboxylic acids is 1. The van der Waals surface area contributed by atoms with Gasteiger partial charge in [0.15, 0.2) is 0 Å². The summed E-state index contributed by atoms with van der Waals surface area (Å²) in [5, 5.41) is 14.5. The number of rotatable bonds is 10. The molecule has 1 aliphatic rings. The lowest BCUT2D eigenvalue weighted by atomic mass is 9.88. The molecule has 3 N–H and O–H groups in total. The Labute approximate surface area is 127 Å². The molecule has 1 saturated carbocycles. The number of nitrogens with one attached hydrogen (secondary N) is 2. The van der Waals surface area contributed by atoms with E-state index in [-0.39, 0.29) is 12.5 Å². The fraction of sp³-hybridized carbons (Fsp3) is 0.875. The Morgan fingerprint density at radius 3 is 2.33 bits per heavy atom. The highest BCUT2D eigenvalue weighted by molar-refractivity contribution is 5.73. The molecule has 1 aliphatic carbocycles. The summed E-state index contributed by atoms with van der Waals surface area (Å²) in [4.78, 5) is 22.3. The van der Waals surface area contributed by atoms with Crippen molar-refractivity contribution in [2.75, 3.05) is 13.1 Å². The molecule has 0 saturated heterocycles. The zero-order chi connectivity index (χ0) is 15.8. The molecule has 2 atom stereocenters. The van der Waals surface area contributed by atoms with Crippen molar-refractivity contribution in [1.29, 1.82) is 0 Å². The maximum absolute atomic E-state index is 11.7. The predicted octanol–water partition coefficient (Wildman–Crippen LogP) is 2.86. The van der Waals surface area contributed by atoms with Crippen molar-refractivity contribution in [2.24, 2.45) is 23.7 Å². The minimum Gasteiger partial charge on any atom is -0.481 e. The summed E-state index contributed by atoms with van der Waals surface area (Å²) in [7, 11) is 0. The molecule has 2 unspecified atom stereocenters. The summed E-state index contributed by atoms with van der Waals surface area (Å²) in [5.41, 5.74) is 0.